The third-order valence-electron chi connectivity index (χ3n) is 2.66. The average molecular weight is 248 g/mol. The lowest BCUT2D eigenvalue weighted by Crippen LogP contribution is -2.40. The summed E-state index contributed by atoms with van der Waals surface area (Å²) in [6.45, 7) is 1.96. The largest absolute Gasteiger partial charge is 0.378 e. The molecule has 0 saturated carbocycles. The standard InChI is InChI=1S/C8H12N2O5S/c11-10(12)8-6-16(13,14)5-7(8)9-1-3-15-4-2-9/h5,8H,1-4,6H2/t8-/m0/s1. The number of nitrogens with zero attached hydrogens (tertiary/aromatic N) is 2. The second-order valence-electron chi connectivity index (χ2n) is 3.77. The lowest BCUT2D eigenvalue weighted by Gasteiger charge is -2.29. The molecular formula is C8H12N2O5S. The molecule has 1 atom stereocenters. The first-order chi connectivity index (χ1) is 7.49. The van der Waals surface area contributed by atoms with Crippen molar-refractivity contribution >= 4 is 9.84 Å². The smallest absolute Gasteiger partial charge is 0.267 e. The summed E-state index contributed by atoms with van der Waals surface area (Å²) in [7, 11) is -3.43. The zero-order valence-electron chi connectivity index (χ0n) is 8.53. The van der Waals surface area contributed by atoms with Crippen LogP contribution in [0.2, 0.25) is 0 Å². The Morgan fingerprint density at radius 2 is 2.06 bits per heavy atom. The predicted molar refractivity (Wildman–Crippen MR) is 55.0 cm³/mol. The Bertz CT molecular complexity index is 424. The topological polar surface area (TPSA) is 89.8 Å². The predicted octanol–water partition coefficient (Wildman–Crippen LogP) is -0.766. The summed E-state index contributed by atoms with van der Waals surface area (Å²) < 4.78 is 27.8. The molecule has 0 amide bonds. The van der Waals surface area contributed by atoms with Crippen molar-refractivity contribution in [3.05, 3.63) is 21.2 Å². The highest BCUT2D eigenvalue weighted by atomic mass is 32.2. The van der Waals surface area contributed by atoms with Gasteiger partial charge in [-0.1, -0.05) is 0 Å². The lowest BCUT2D eigenvalue weighted by molar-refractivity contribution is -0.508. The Labute approximate surface area is 92.7 Å². The van der Waals surface area contributed by atoms with E-state index >= 15 is 0 Å². The van der Waals surface area contributed by atoms with Gasteiger partial charge in [0.05, 0.1) is 18.6 Å². The Kier molecular flexibility index (Phi) is 2.85. The lowest BCUT2D eigenvalue weighted by atomic mass is 10.2. The van der Waals surface area contributed by atoms with E-state index in [2.05, 4.69) is 0 Å². The van der Waals surface area contributed by atoms with E-state index in [9.17, 15) is 18.5 Å². The number of sulfone groups is 1. The highest BCUT2D eigenvalue weighted by Crippen LogP contribution is 2.24. The van der Waals surface area contributed by atoms with Crippen LogP contribution in [-0.4, -0.2) is 56.3 Å². The van der Waals surface area contributed by atoms with Crippen molar-refractivity contribution in [1.82, 2.24) is 4.90 Å². The first-order valence-corrected chi connectivity index (χ1v) is 6.62. The minimum Gasteiger partial charge on any atom is -0.378 e. The minimum absolute atomic E-state index is 0.299. The summed E-state index contributed by atoms with van der Waals surface area (Å²) in [5.41, 5.74) is 0.299. The Hall–Kier alpha value is -1.15. The molecule has 8 heteroatoms. The quantitative estimate of drug-likeness (QED) is 0.471. The van der Waals surface area contributed by atoms with Crippen molar-refractivity contribution < 1.29 is 18.1 Å². The third-order valence-corrected chi connectivity index (χ3v) is 4.04. The molecule has 0 radical (unpaired) electrons. The van der Waals surface area contributed by atoms with E-state index < -0.39 is 26.6 Å². The van der Waals surface area contributed by atoms with Gasteiger partial charge in [-0.25, -0.2) is 8.42 Å². The van der Waals surface area contributed by atoms with Crippen LogP contribution in [-0.2, 0) is 14.6 Å². The second kappa shape index (κ2) is 4.02. The normalized spacial score (nSPS) is 28.9. The third kappa shape index (κ3) is 2.17. The van der Waals surface area contributed by atoms with Crippen molar-refractivity contribution in [2.75, 3.05) is 32.1 Å². The van der Waals surface area contributed by atoms with Crippen molar-refractivity contribution in [2.45, 2.75) is 6.04 Å². The van der Waals surface area contributed by atoms with Crippen LogP contribution in [0, 0.1) is 10.1 Å². The van der Waals surface area contributed by atoms with Crippen LogP contribution in [0.3, 0.4) is 0 Å². The summed E-state index contributed by atoms with van der Waals surface area (Å²) >= 11 is 0. The molecule has 7 nitrogen and oxygen atoms in total. The molecule has 1 saturated heterocycles. The Balaban J connectivity index is 2.25. The first-order valence-electron chi connectivity index (χ1n) is 4.90. The van der Waals surface area contributed by atoms with E-state index in [1.165, 1.54) is 0 Å². The van der Waals surface area contributed by atoms with Gasteiger partial charge in [-0.05, 0) is 0 Å². The van der Waals surface area contributed by atoms with Crippen LogP contribution < -0.4 is 0 Å². The molecule has 0 aromatic rings. The zero-order chi connectivity index (χ0) is 11.8. The molecular weight excluding hydrogens is 236 g/mol. The second-order valence-corrected chi connectivity index (χ2v) is 5.67. The number of hydrogen-bond acceptors (Lipinski definition) is 6. The number of ether oxygens (including phenoxy) is 1. The maximum Gasteiger partial charge on any atom is 0.267 e. The summed E-state index contributed by atoms with van der Waals surface area (Å²) in [6.07, 6.45) is 0. The molecule has 16 heavy (non-hydrogen) atoms. The van der Waals surface area contributed by atoms with Gasteiger partial charge in [0.15, 0.2) is 9.84 Å². The minimum atomic E-state index is -3.43. The van der Waals surface area contributed by atoms with E-state index in [0.717, 1.165) is 5.41 Å². The van der Waals surface area contributed by atoms with Gasteiger partial charge in [-0.2, -0.15) is 0 Å². The molecule has 2 aliphatic heterocycles. The highest BCUT2D eigenvalue weighted by molar-refractivity contribution is 7.94. The summed E-state index contributed by atoms with van der Waals surface area (Å²) in [5.74, 6) is -0.424. The maximum atomic E-state index is 11.4. The summed E-state index contributed by atoms with van der Waals surface area (Å²) in [6, 6.07) is -1.12. The molecule has 0 aromatic heterocycles. The molecule has 0 aromatic carbocycles. The molecule has 90 valence electrons. The van der Waals surface area contributed by atoms with Crippen LogP contribution in [0.15, 0.2) is 11.1 Å². The fraction of sp³-hybridized carbons (Fsp3) is 0.750. The van der Waals surface area contributed by atoms with Crippen LogP contribution in [0.4, 0.5) is 0 Å². The van der Waals surface area contributed by atoms with Gasteiger partial charge in [0.1, 0.15) is 11.4 Å². The maximum absolute atomic E-state index is 11.4. The molecule has 0 bridgehead atoms. The molecule has 2 heterocycles. The van der Waals surface area contributed by atoms with Gasteiger partial charge < -0.3 is 9.64 Å². The van der Waals surface area contributed by atoms with E-state index in [0.29, 0.717) is 32.0 Å². The van der Waals surface area contributed by atoms with Crippen molar-refractivity contribution in [1.29, 1.82) is 0 Å². The van der Waals surface area contributed by atoms with E-state index in [-0.39, 0.29) is 0 Å². The number of rotatable bonds is 2. The van der Waals surface area contributed by atoms with Gasteiger partial charge in [0.25, 0.3) is 6.04 Å². The molecule has 0 aliphatic carbocycles. The van der Waals surface area contributed by atoms with E-state index in [1.807, 2.05) is 0 Å². The van der Waals surface area contributed by atoms with E-state index in [4.69, 9.17) is 4.74 Å². The monoisotopic (exact) mass is 248 g/mol. The SMILES string of the molecule is O=[N+]([O-])[C@H]1CS(=O)(=O)C=C1N1CCOCC1. The number of morpholine rings is 1. The molecule has 1 fully saturated rings. The van der Waals surface area contributed by atoms with Crippen LogP contribution >= 0.6 is 0 Å². The summed E-state index contributed by atoms with van der Waals surface area (Å²) in [5, 5.41) is 11.8. The van der Waals surface area contributed by atoms with Gasteiger partial charge in [0.2, 0.25) is 0 Å². The van der Waals surface area contributed by atoms with Crippen molar-refractivity contribution in [3.8, 4) is 0 Å². The van der Waals surface area contributed by atoms with Crippen LogP contribution in [0.25, 0.3) is 0 Å². The molecule has 2 rings (SSSR count). The fourth-order valence-corrected chi connectivity index (χ4v) is 3.39. The first kappa shape index (κ1) is 11.3. The van der Waals surface area contributed by atoms with Gasteiger partial charge in [-0.3, -0.25) is 10.1 Å². The van der Waals surface area contributed by atoms with Crippen LogP contribution in [0.5, 0.6) is 0 Å². The number of nitro groups is 1. The highest BCUT2D eigenvalue weighted by Gasteiger charge is 2.41. The van der Waals surface area contributed by atoms with Crippen molar-refractivity contribution in [3.63, 3.8) is 0 Å². The fourth-order valence-electron chi connectivity index (χ4n) is 1.89. The molecule has 0 unspecified atom stereocenters. The molecule has 2 aliphatic rings. The van der Waals surface area contributed by atoms with Gasteiger partial charge in [0, 0.05) is 18.0 Å². The zero-order valence-corrected chi connectivity index (χ0v) is 9.35. The van der Waals surface area contributed by atoms with Gasteiger partial charge >= 0.3 is 0 Å². The van der Waals surface area contributed by atoms with Gasteiger partial charge in [-0.15, -0.1) is 0 Å². The van der Waals surface area contributed by atoms with Crippen molar-refractivity contribution in [2.24, 2.45) is 0 Å². The molecule has 0 spiro atoms. The van der Waals surface area contributed by atoms with Crippen LogP contribution in [0.1, 0.15) is 0 Å². The average Bonchev–Trinajstić information content (AvgIpc) is 2.56. The number of hydrogen-bond donors (Lipinski definition) is 0. The summed E-state index contributed by atoms with van der Waals surface area (Å²) in [4.78, 5) is 12.0. The Morgan fingerprint density at radius 1 is 1.44 bits per heavy atom. The Morgan fingerprint density at radius 3 is 2.62 bits per heavy atom. The van der Waals surface area contributed by atoms with E-state index in [1.54, 1.807) is 4.90 Å². The molecule has 0 N–H and O–H groups in total.